The SMILES string of the molecule is C=N/C(NC1(C)CC1)=C(\C)C(C(=O)Nc1cccc(F)c1)=C(C)C. The number of aliphatic imine (C=N–C) groups is 1. The van der Waals surface area contributed by atoms with Crippen molar-refractivity contribution < 1.29 is 9.18 Å². The van der Waals surface area contributed by atoms with Gasteiger partial charge in [-0.1, -0.05) is 11.6 Å². The predicted molar refractivity (Wildman–Crippen MR) is 96.4 cm³/mol. The van der Waals surface area contributed by atoms with Gasteiger partial charge in [-0.15, -0.1) is 0 Å². The third-order valence-electron chi connectivity index (χ3n) is 4.12. The summed E-state index contributed by atoms with van der Waals surface area (Å²) in [6.07, 6.45) is 2.14. The van der Waals surface area contributed by atoms with Crippen LogP contribution in [0, 0.1) is 5.82 Å². The van der Waals surface area contributed by atoms with Gasteiger partial charge in [0.15, 0.2) is 0 Å². The van der Waals surface area contributed by atoms with E-state index >= 15 is 0 Å². The number of benzene rings is 1. The van der Waals surface area contributed by atoms with E-state index in [4.69, 9.17) is 0 Å². The second-order valence-corrected chi connectivity index (χ2v) is 6.66. The molecule has 5 heteroatoms. The Kier molecular flexibility index (Phi) is 5.22. The summed E-state index contributed by atoms with van der Waals surface area (Å²) >= 11 is 0. The molecule has 1 aromatic carbocycles. The number of nitrogens with zero attached hydrogens (tertiary/aromatic N) is 1. The van der Waals surface area contributed by atoms with Crippen LogP contribution in [0.3, 0.4) is 0 Å². The molecule has 1 aliphatic rings. The Morgan fingerprint density at radius 1 is 1.29 bits per heavy atom. The first-order valence-electron chi connectivity index (χ1n) is 7.96. The molecule has 24 heavy (non-hydrogen) atoms. The number of carbonyl (C=O) groups excluding carboxylic acids is 1. The normalized spacial score (nSPS) is 15.9. The Morgan fingerprint density at radius 2 is 1.96 bits per heavy atom. The average Bonchev–Trinajstić information content (AvgIpc) is 3.22. The quantitative estimate of drug-likeness (QED) is 0.467. The van der Waals surface area contributed by atoms with E-state index in [1.54, 1.807) is 12.1 Å². The Morgan fingerprint density at radius 3 is 2.46 bits per heavy atom. The van der Waals surface area contributed by atoms with E-state index in [1.165, 1.54) is 12.1 Å². The van der Waals surface area contributed by atoms with E-state index in [0.717, 1.165) is 24.0 Å². The molecule has 0 heterocycles. The van der Waals surface area contributed by atoms with E-state index in [1.807, 2.05) is 20.8 Å². The molecule has 0 saturated heterocycles. The average molecular weight is 329 g/mol. The van der Waals surface area contributed by atoms with Crippen molar-refractivity contribution in [3.8, 4) is 0 Å². The molecule has 0 radical (unpaired) electrons. The van der Waals surface area contributed by atoms with E-state index in [9.17, 15) is 9.18 Å². The molecule has 1 aromatic rings. The molecule has 2 rings (SSSR count). The zero-order valence-corrected chi connectivity index (χ0v) is 14.7. The number of halogens is 1. The van der Waals surface area contributed by atoms with Gasteiger partial charge >= 0.3 is 0 Å². The lowest BCUT2D eigenvalue weighted by Crippen LogP contribution is -2.28. The first-order valence-corrected chi connectivity index (χ1v) is 7.96. The molecule has 0 atom stereocenters. The zero-order chi connectivity index (χ0) is 17.9. The van der Waals surface area contributed by atoms with Crippen molar-refractivity contribution in [2.45, 2.75) is 46.1 Å². The highest BCUT2D eigenvalue weighted by atomic mass is 19.1. The number of anilines is 1. The van der Waals surface area contributed by atoms with E-state index in [-0.39, 0.29) is 11.4 Å². The Labute approximate surface area is 142 Å². The fourth-order valence-corrected chi connectivity index (χ4v) is 2.50. The van der Waals surface area contributed by atoms with Gasteiger partial charge in [0.05, 0.1) is 0 Å². The van der Waals surface area contributed by atoms with Crippen LogP contribution in [0.5, 0.6) is 0 Å². The van der Waals surface area contributed by atoms with Gasteiger partial charge in [-0.3, -0.25) is 4.79 Å². The van der Waals surface area contributed by atoms with Gasteiger partial charge in [-0.05, 0) is 65.5 Å². The van der Waals surface area contributed by atoms with Crippen molar-refractivity contribution in [2.24, 2.45) is 4.99 Å². The van der Waals surface area contributed by atoms with E-state index in [2.05, 4.69) is 29.3 Å². The zero-order valence-electron chi connectivity index (χ0n) is 14.7. The minimum absolute atomic E-state index is 0.0313. The fraction of sp³-hybridized carbons (Fsp3) is 0.368. The number of hydrogen-bond donors (Lipinski definition) is 2. The van der Waals surface area contributed by atoms with Crippen LogP contribution in [0.4, 0.5) is 10.1 Å². The van der Waals surface area contributed by atoms with Crippen LogP contribution >= 0.6 is 0 Å². The minimum atomic E-state index is -0.393. The van der Waals surface area contributed by atoms with E-state index in [0.29, 0.717) is 17.1 Å². The smallest absolute Gasteiger partial charge is 0.255 e. The highest BCUT2D eigenvalue weighted by Crippen LogP contribution is 2.36. The van der Waals surface area contributed by atoms with Crippen LogP contribution in [-0.4, -0.2) is 18.2 Å². The third-order valence-corrected chi connectivity index (χ3v) is 4.12. The van der Waals surface area contributed by atoms with Crippen molar-refractivity contribution in [1.29, 1.82) is 0 Å². The van der Waals surface area contributed by atoms with Gasteiger partial charge in [-0.25, -0.2) is 9.38 Å². The number of amides is 1. The number of hydrogen-bond acceptors (Lipinski definition) is 3. The lowest BCUT2D eigenvalue weighted by atomic mass is 10.0. The highest BCUT2D eigenvalue weighted by molar-refractivity contribution is 6.07. The van der Waals surface area contributed by atoms with Crippen LogP contribution in [0.25, 0.3) is 0 Å². The molecule has 4 nitrogen and oxygen atoms in total. The van der Waals surface area contributed by atoms with Crippen molar-refractivity contribution in [1.82, 2.24) is 5.32 Å². The molecule has 0 bridgehead atoms. The molecule has 128 valence electrons. The molecule has 1 aliphatic carbocycles. The van der Waals surface area contributed by atoms with Crippen LogP contribution in [0.15, 0.2) is 51.8 Å². The van der Waals surface area contributed by atoms with Gasteiger partial charge in [0.1, 0.15) is 11.6 Å². The maximum atomic E-state index is 13.3. The van der Waals surface area contributed by atoms with Crippen molar-refractivity contribution in [3.05, 3.63) is 52.6 Å². The molecule has 1 amide bonds. The highest BCUT2D eigenvalue weighted by Gasteiger charge is 2.38. The summed E-state index contributed by atoms with van der Waals surface area (Å²) in [6, 6.07) is 5.83. The monoisotopic (exact) mass is 329 g/mol. The number of nitrogens with one attached hydrogen (secondary N) is 2. The van der Waals surface area contributed by atoms with E-state index < -0.39 is 5.82 Å². The Balaban J connectivity index is 2.29. The number of carbonyl (C=O) groups is 1. The third kappa shape index (κ3) is 4.31. The summed E-state index contributed by atoms with van der Waals surface area (Å²) in [4.78, 5) is 16.8. The number of rotatable bonds is 6. The first kappa shape index (κ1) is 17.9. The fourth-order valence-electron chi connectivity index (χ4n) is 2.50. The summed E-state index contributed by atoms with van der Waals surface area (Å²) in [5.74, 6) is -0.0711. The summed E-state index contributed by atoms with van der Waals surface area (Å²) in [5, 5.41) is 6.10. The topological polar surface area (TPSA) is 53.5 Å². The molecule has 0 spiro atoms. The maximum Gasteiger partial charge on any atom is 0.255 e. The second kappa shape index (κ2) is 6.99. The predicted octanol–water partition coefficient (Wildman–Crippen LogP) is 4.17. The molecule has 0 unspecified atom stereocenters. The van der Waals surface area contributed by atoms with Gasteiger partial charge in [0.2, 0.25) is 0 Å². The maximum absolute atomic E-state index is 13.3. The van der Waals surface area contributed by atoms with Gasteiger partial charge in [0, 0.05) is 22.4 Å². The molecule has 1 saturated carbocycles. The van der Waals surface area contributed by atoms with Crippen molar-refractivity contribution in [2.75, 3.05) is 5.32 Å². The number of allylic oxidation sites excluding steroid dienone is 1. The van der Waals surface area contributed by atoms with Crippen molar-refractivity contribution in [3.63, 3.8) is 0 Å². The molecule has 0 aliphatic heterocycles. The second-order valence-electron chi connectivity index (χ2n) is 6.66. The van der Waals surface area contributed by atoms with Crippen LogP contribution in [0.1, 0.15) is 40.5 Å². The Bertz CT molecular complexity index is 726. The summed E-state index contributed by atoms with van der Waals surface area (Å²) < 4.78 is 13.3. The van der Waals surface area contributed by atoms with Gasteiger partial charge in [-0.2, -0.15) is 0 Å². The molecular formula is C19H24FN3O. The summed E-state index contributed by atoms with van der Waals surface area (Å²) in [5.41, 5.74) is 2.56. The van der Waals surface area contributed by atoms with Gasteiger partial charge < -0.3 is 10.6 Å². The molecule has 0 aromatic heterocycles. The lowest BCUT2D eigenvalue weighted by Gasteiger charge is -2.18. The minimum Gasteiger partial charge on any atom is -0.365 e. The van der Waals surface area contributed by atoms with Crippen LogP contribution in [-0.2, 0) is 4.79 Å². The summed E-state index contributed by atoms with van der Waals surface area (Å²) in [7, 11) is 0. The Hall–Kier alpha value is -2.43. The summed E-state index contributed by atoms with van der Waals surface area (Å²) in [6.45, 7) is 11.3. The lowest BCUT2D eigenvalue weighted by molar-refractivity contribution is -0.112. The van der Waals surface area contributed by atoms with Crippen LogP contribution in [0.2, 0.25) is 0 Å². The molecular weight excluding hydrogens is 305 g/mol. The van der Waals surface area contributed by atoms with Crippen LogP contribution < -0.4 is 10.6 Å². The van der Waals surface area contributed by atoms with Crippen molar-refractivity contribution >= 4 is 18.3 Å². The van der Waals surface area contributed by atoms with Gasteiger partial charge in [0.25, 0.3) is 5.91 Å². The first-order chi connectivity index (χ1) is 11.3. The molecule has 1 fully saturated rings. The largest absolute Gasteiger partial charge is 0.365 e. The molecule has 2 N–H and O–H groups in total. The standard InChI is InChI=1S/C19H24FN3O/c1-12(2)16(13(3)17(21-5)23-19(4)9-10-19)18(24)22-15-8-6-7-14(20)11-15/h6-8,11,23H,5,9-10H2,1-4H3,(H,22,24)/b17-13-.